The normalized spacial score (nSPS) is 16.3. The summed E-state index contributed by atoms with van der Waals surface area (Å²) in [7, 11) is -1.58. The lowest BCUT2D eigenvalue weighted by molar-refractivity contribution is 0.451. The second kappa shape index (κ2) is 5.69. The molecule has 3 heteroatoms. The molecule has 0 saturated carbocycles. The Hall–Kier alpha value is -2.62. The first-order valence-electron chi connectivity index (χ1n) is 8.94. The van der Waals surface area contributed by atoms with Crippen molar-refractivity contribution in [3.8, 4) is 11.5 Å². The highest BCUT2D eigenvalue weighted by Crippen LogP contribution is 2.82. The molecule has 6 rings (SSSR count). The average Bonchev–Trinajstić information content (AvgIpc) is 2.73. The van der Waals surface area contributed by atoms with Crippen molar-refractivity contribution in [2.24, 2.45) is 0 Å². The Kier molecular flexibility index (Phi) is 3.25. The van der Waals surface area contributed by atoms with Crippen molar-refractivity contribution in [3.05, 3.63) is 97.1 Å². The third-order valence-corrected chi connectivity index (χ3v) is 10.6. The molecular weight excluding hydrogens is 368 g/mol. The fraction of sp³-hybridized carbons (Fsp3) is 0. The van der Waals surface area contributed by atoms with Crippen molar-refractivity contribution in [2.45, 2.75) is 29.4 Å². The summed E-state index contributed by atoms with van der Waals surface area (Å²) in [4.78, 5) is 8.11. The Labute approximate surface area is 164 Å². The van der Waals surface area contributed by atoms with Gasteiger partial charge in [-0.2, -0.15) is 0 Å². The highest BCUT2D eigenvalue weighted by molar-refractivity contribution is 8.34. The number of benzene rings is 4. The lowest BCUT2D eigenvalue weighted by atomic mass is 10.3. The van der Waals surface area contributed by atoms with Gasteiger partial charge in [-0.05, 0) is 48.5 Å². The average molecular weight is 385 g/mol. The van der Waals surface area contributed by atoms with E-state index < -0.39 is 10.0 Å². The van der Waals surface area contributed by atoms with Crippen LogP contribution < -0.4 is 4.74 Å². The van der Waals surface area contributed by atoms with Gasteiger partial charge in [0.05, 0.1) is 0 Å². The number of hydrogen-bond donors (Lipinski definition) is 0. The third-order valence-electron chi connectivity index (χ3n) is 5.16. The predicted octanol–water partition coefficient (Wildman–Crippen LogP) is 7.60. The molecule has 2 heterocycles. The summed E-state index contributed by atoms with van der Waals surface area (Å²) in [6.07, 6.45) is 0. The molecule has 0 N–H and O–H groups in total. The number of fused-ring (bicyclic) bond motifs is 8. The van der Waals surface area contributed by atoms with Crippen LogP contribution in [0.1, 0.15) is 0 Å². The molecule has 27 heavy (non-hydrogen) atoms. The summed E-state index contributed by atoms with van der Waals surface area (Å²) >= 11 is 1.88. The molecule has 0 amide bonds. The molecule has 2 aliphatic heterocycles. The molecule has 2 aliphatic rings. The first-order valence-corrected chi connectivity index (χ1v) is 11.4. The maximum Gasteiger partial charge on any atom is 0.140 e. The van der Waals surface area contributed by atoms with Crippen molar-refractivity contribution in [1.29, 1.82) is 0 Å². The monoisotopic (exact) mass is 384 g/mol. The zero-order valence-electron chi connectivity index (χ0n) is 14.5. The molecule has 1 spiro atoms. The highest BCUT2D eigenvalue weighted by atomic mass is 32.3. The fourth-order valence-corrected chi connectivity index (χ4v) is 10.1. The van der Waals surface area contributed by atoms with Gasteiger partial charge in [0.25, 0.3) is 0 Å². The second-order valence-corrected chi connectivity index (χ2v) is 10.7. The van der Waals surface area contributed by atoms with E-state index >= 15 is 0 Å². The zero-order valence-corrected chi connectivity index (χ0v) is 16.1. The summed E-state index contributed by atoms with van der Waals surface area (Å²) in [5.41, 5.74) is 0. The minimum absolute atomic E-state index is 0.975. The van der Waals surface area contributed by atoms with Gasteiger partial charge in [0, 0.05) is 29.4 Å². The van der Waals surface area contributed by atoms with Crippen molar-refractivity contribution >= 4 is 21.8 Å². The Morgan fingerprint density at radius 2 is 0.889 bits per heavy atom. The van der Waals surface area contributed by atoms with Crippen LogP contribution in [0.15, 0.2) is 126 Å². The van der Waals surface area contributed by atoms with Gasteiger partial charge in [0.2, 0.25) is 0 Å². The van der Waals surface area contributed by atoms with E-state index in [9.17, 15) is 0 Å². The van der Waals surface area contributed by atoms with Crippen molar-refractivity contribution in [3.63, 3.8) is 0 Å². The Bertz CT molecular complexity index is 1010. The zero-order chi connectivity index (χ0) is 17.8. The molecule has 1 nitrogen and oxygen atoms in total. The standard InChI is InChI=1S/C24H16OS2/c1-5-13-21-17(9-1)25-18-10-2-6-14-22(18)27(21)23-15-7-3-11-19(23)26-20-12-4-8-16-24(20)27/h1-16H. The van der Waals surface area contributed by atoms with Crippen molar-refractivity contribution in [2.75, 3.05) is 0 Å². The van der Waals surface area contributed by atoms with Gasteiger partial charge in [0.15, 0.2) is 0 Å². The molecule has 0 radical (unpaired) electrons. The van der Waals surface area contributed by atoms with E-state index in [0.717, 1.165) is 11.5 Å². The van der Waals surface area contributed by atoms with Gasteiger partial charge in [-0.15, -0.1) is 10.0 Å². The van der Waals surface area contributed by atoms with Gasteiger partial charge in [-0.1, -0.05) is 60.3 Å². The number of hydrogen-bond acceptors (Lipinski definition) is 2. The summed E-state index contributed by atoms with van der Waals surface area (Å²) < 4.78 is 6.35. The van der Waals surface area contributed by atoms with E-state index in [1.165, 1.54) is 29.4 Å². The predicted molar refractivity (Wildman–Crippen MR) is 111 cm³/mol. The van der Waals surface area contributed by atoms with Crippen LogP contribution in [0.2, 0.25) is 0 Å². The van der Waals surface area contributed by atoms with E-state index in [0.29, 0.717) is 0 Å². The molecule has 4 aromatic carbocycles. The molecule has 0 bridgehead atoms. The summed E-state index contributed by atoms with van der Waals surface area (Å²) in [5, 5.41) is 0. The summed E-state index contributed by atoms with van der Waals surface area (Å²) in [5.74, 6) is 1.95. The molecule has 130 valence electrons. The molecule has 0 fully saturated rings. The smallest absolute Gasteiger partial charge is 0.140 e. The van der Waals surface area contributed by atoms with E-state index in [-0.39, 0.29) is 0 Å². The van der Waals surface area contributed by atoms with Crippen LogP contribution in [-0.2, 0) is 0 Å². The van der Waals surface area contributed by atoms with Crippen LogP contribution in [0, 0.1) is 0 Å². The van der Waals surface area contributed by atoms with Crippen molar-refractivity contribution < 1.29 is 4.74 Å². The van der Waals surface area contributed by atoms with Gasteiger partial charge >= 0.3 is 0 Å². The van der Waals surface area contributed by atoms with E-state index in [2.05, 4.69) is 97.1 Å². The Morgan fingerprint density at radius 1 is 0.481 bits per heavy atom. The molecule has 0 unspecified atom stereocenters. The van der Waals surface area contributed by atoms with E-state index in [1.807, 2.05) is 11.8 Å². The first-order chi connectivity index (χ1) is 13.4. The van der Waals surface area contributed by atoms with Crippen LogP contribution >= 0.6 is 21.8 Å². The van der Waals surface area contributed by atoms with Crippen LogP contribution in [0.4, 0.5) is 0 Å². The molecule has 4 aromatic rings. The highest BCUT2D eigenvalue weighted by Gasteiger charge is 2.45. The van der Waals surface area contributed by atoms with Gasteiger partial charge in [-0.3, -0.25) is 0 Å². The topological polar surface area (TPSA) is 9.23 Å². The van der Waals surface area contributed by atoms with E-state index in [4.69, 9.17) is 4.74 Å². The Balaban J connectivity index is 1.85. The summed E-state index contributed by atoms with van der Waals surface area (Å²) in [6.45, 7) is 0. The Morgan fingerprint density at radius 3 is 1.41 bits per heavy atom. The van der Waals surface area contributed by atoms with E-state index in [1.54, 1.807) is 0 Å². The first kappa shape index (κ1) is 15.4. The minimum atomic E-state index is -1.58. The molecule has 0 aliphatic carbocycles. The lowest BCUT2D eigenvalue weighted by Crippen LogP contribution is -2.15. The second-order valence-electron chi connectivity index (χ2n) is 6.60. The molecule has 0 atom stereocenters. The maximum atomic E-state index is 6.35. The van der Waals surface area contributed by atoms with Gasteiger partial charge in [-0.25, -0.2) is 0 Å². The number of ether oxygens (including phenoxy) is 1. The fourth-order valence-electron chi connectivity index (χ4n) is 4.10. The van der Waals surface area contributed by atoms with Crippen LogP contribution in [0.3, 0.4) is 0 Å². The summed E-state index contributed by atoms with van der Waals surface area (Å²) in [6, 6.07) is 34.9. The number of rotatable bonds is 0. The quantitative estimate of drug-likeness (QED) is 0.267. The minimum Gasteiger partial charge on any atom is -0.455 e. The molecule has 0 aromatic heterocycles. The van der Waals surface area contributed by atoms with Crippen LogP contribution in [-0.4, -0.2) is 0 Å². The maximum absolute atomic E-state index is 6.35. The molecular formula is C24H16OS2. The van der Waals surface area contributed by atoms with Crippen LogP contribution in [0.5, 0.6) is 11.5 Å². The SMILES string of the molecule is c1ccc2c(c1)Oc1ccccc1S21c2ccccc2Sc2ccccc21. The molecule has 0 saturated heterocycles. The van der Waals surface area contributed by atoms with Crippen LogP contribution in [0.25, 0.3) is 0 Å². The van der Waals surface area contributed by atoms with Gasteiger partial charge in [0.1, 0.15) is 11.5 Å². The number of para-hydroxylation sites is 2. The largest absolute Gasteiger partial charge is 0.455 e. The third kappa shape index (κ3) is 1.98. The van der Waals surface area contributed by atoms with Crippen molar-refractivity contribution in [1.82, 2.24) is 0 Å². The lowest BCUT2D eigenvalue weighted by Gasteiger charge is -2.49. The van der Waals surface area contributed by atoms with Gasteiger partial charge < -0.3 is 4.74 Å².